The van der Waals surface area contributed by atoms with Crippen LogP contribution < -0.4 is 0 Å². The second-order valence-electron chi connectivity index (χ2n) is 2.34. The van der Waals surface area contributed by atoms with Crippen molar-refractivity contribution in [3.05, 3.63) is 27.9 Å². The molecule has 0 fully saturated rings. The van der Waals surface area contributed by atoms with Crippen molar-refractivity contribution >= 4 is 27.3 Å². The van der Waals surface area contributed by atoms with Gasteiger partial charge in [0, 0.05) is 4.88 Å². The van der Waals surface area contributed by atoms with E-state index >= 15 is 0 Å². The highest BCUT2D eigenvalue weighted by Gasteiger charge is 2.08. The molecule has 0 saturated heterocycles. The molecule has 0 aliphatic rings. The molecule has 12 heavy (non-hydrogen) atoms. The summed E-state index contributed by atoms with van der Waals surface area (Å²) in [5, 5.41) is 0.921. The summed E-state index contributed by atoms with van der Waals surface area (Å²) in [4.78, 5) is 5.46. The van der Waals surface area contributed by atoms with Crippen LogP contribution in [0.2, 0.25) is 0 Å². The first kappa shape index (κ1) is 8.01. The Morgan fingerprint density at radius 2 is 2.42 bits per heavy atom. The lowest BCUT2D eigenvalue weighted by atomic mass is 10.5. The second kappa shape index (κ2) is 3.03. The van der Waals surface area contributed by atoms with Gasteiger partial charge in [-0.05, 0) is 35.0 Å². The minimum Gasteiger partial charge on any atom is -0.462 e. The van der Waals surface area contributed by atoms with Gasteiger partial charge in [-0.15, -0.1) is 11.3 Å². The first-order valence-corrected chi connectivity index (χ1v) is 5.05. The molecule has 0 bridgehead atoms. The van der Waals surface area contributed by atoms with Gasteiger partial charge in [0.15, 0.2) is 10.8 Å². The van der Waals surface area contributed by atoms with Gasteiger partial charge in [0.1, 0.15) is 4.60 Å². The molecule has 0 N–H and O–H groups in total. The third-order valence-corrected chi connectivity index (χ3v) is 3.49. The van der Waals surface area contributed by atoms with Crippen LogP contribution in [0.25, 0.3) is 10.8 Å². The maximum absolute atomic E-state index is 5.21. The number of thiazole rings is 1. The Bertz CT molecular complexity index is 360. The molecule has 4 heteroatoms. The fourth-order valence-electron chi connectivity index (χ4n) is 0.883. The Morgan fingerprint density at radius 1 is 1.58 bits per heavy atom. The first-order chi connectivity index (χ1) is 5.77. The molecule has 62 valence electrons. The Morgan fingerprint density at radius 3 is 2.92 bits per heavy atom. The maximum Gasteiger partial charge on any atom is 0.162 e. The number of nitrogens with zero attached hydrogens (tertiary/aromatic N) is 1. The molecule has 0 aliphatic heterocycles. The molecule has 2 aromatic heterocycles. The molecule has 0 unspecified atom stereocenters. The van der Waals surface area contributed by atoms with Crippen LogP contribution in [-0.2, 0) is 0 Å². The molecule has 0 spiro atoms. The van der Waals surface area contributed by atoms with E-state index < -0.39 is 0 Å². The number of aryl methyl sites for hydroxylation is 1. The Kier molecular flexibility index (Phi) is 2.02. The number of aromatic nitrogens is 1. The van der Waals surface area contributed by atoms with Crippen molar-refractivity contribution in [2.45, 2.75) is 6.92 Å². The SMILES string of the molecule is Cc1sc(-c2ccco2)nc1Br. The summed E-state index contributed by atoms with van der Waals surface area (Å²) in [5.41, 5.74) is 0. The standard InChI is InChI=1S/C8H6BrNOS/c1-5-7(9)10-8(12-5)6-3-2-4-11-6/h2-4H,1H3. The molecule has 0 aromatic carbocycles. The van der Waals surface area contributed by atoms with Gasteiger partial charge in [-0.2, -0.15) is 0 Å². The molecule has 0 atom stereocenters. The van der Waals surface area contributed by atoms with Crippen LogP contribution in [0.5, 0.6) is 0 Å². The normalized spacial score (nSPS) is 10.5. The van der Waals surface area contributed by atoms with E-state index in [1.165, 1.54) is 4.88 Å². The van der Waals surface area contributed by atoms with Crippen molar-refractivity contribution in [3.8, 4) is 10.8 Å². The molecule has 0 amide bonds. The number of rotatable bonds is 1. The van der Waals surface area contributed by atoms with E-state index in [0.717, 1.165) is 15.4 Å². The van der Waals surface area contributed by atoms with Gasteiger partial charge in [0.25, 0.3) is 0 Å². The molecule has 2 heterocycles. The largest absolute Gasteiger partial charge is 0.462 e. The monoisotopic (exact) mass is 243 g/mol. The van der Waals surface area contributed by atoms with E-state index in [1.807, 2.05) is 19.1 Å². The van der Waals surface area contributed by atoms with Crippen molar-refractivity contribution in [1.29, 1.82) is 0 Å². The van der Waals surface area contributed by atoms with Crippen molar-refractivity contribution in [2.24, 2.45) is 0 Å². The van der Waals surface area contributed by atoms with Crippen molar-refractivity contribution in [3.63, 3.8) is 0 Å². The number of hydrogen-bond donors (Lipinski definition) is 0. The third kappa shape index (κ3) is 1.32. The van der Waals surface area contributed by atoms with Crippen LogP contribution in [-0.4, -0.2) is 4.98 Å². The number of furan rings is 1. The average Bonchev–Trinajstić information content (AvgIpc) is 2.61. The summed E-state index contributed by atoms with van der Waals surface area (Å²) in [6, 6.07) is 3.77. The van der Waals surface area contributed by atoms with E-state index in [2.05, 4.69) is 20.9 Å². The number of hydrogen-bond acceptors (Lipinski definition) is 3. The minimum atomic E-state index is 0.828. The van der Waals surface area contributed by atoms with E-state index in [4.69, 9.17) is 4.42 Å². The van der Waals surface area contributed by atoms with Crippen LogP contribution in [0.15, 0.2) is 27.4 Å². The van der Waals surface area contributed by atoms with Crippen molar-refractivity contribution in [1.82, 2.24) is 4.98 Å². The highest BCUT2D eigenvalue weighted by atomic mass is 79.9. The van der Waals surface area contributed by atoms with E-state index in [9.17, 15) is 0 Å². The predicted octanol–water partition coefficient (Wildman–Crippen LogP) is 3.47. The van der Waals surface area contributed by atoms with Gasteiger partial charge in [0.05, 0.1) is 6.26 Å². The molecule has 2 aromatic rings. The summed E-state index contributed by atoms with van der Waals surface area (Å²) in [6.45, 7) is 2.02. The molecule has 0 radical (unpaired) electrons. The summed E-state index contributed by atoms with van der Waals surface area (Å²) >= 11 is 4.98. The summed E-state index contributed by atoms with van der Waals surface area (Å²) in [6.07, 6.45) is 1.65. The molecule has 0 aliphatic carbocycles. The minimum absolute atomic E-state index is 0.828. The predicted molar refractivity (Wildman–Crippen MR) is 52.3 cm³/mol. The zero-order valence-electron chi connectivity index (χ0n) is 6.37. The second-order valence-corrected chi connectivity index (χ2v) is 4.30. The van der Waals surface area contributed by atoms with Gasteiger partial charge >= 0.3 is 0 Å². The quantitative estimate of drug-likeness (QED) is 0.767. The van der Waals surface area contributed by atoms with E-state index in [1.54, 1.807) is 17.6 Å². The van der Waals surface area contributed by atoms with Gasteiger partial charge in [0.2, 0.25) is 0 Å². The summed E-state index contributed by atoms with van der Waals surface area (Å²) in [5.74, 6) is 0.828. The molecular weight excluding hydrogens is 238 g/mol. The zero-order valence-corrected chi connectivity index (χ0v) is 8.78. The fourth-order valence-corrected chi connectivity index (χ4v) is 2.19. The molecule has 2 nitrogen and oxygen atoms in total. The zero-order chi connectivity index (χ0) is 8.55. The Labute approximate surface area is 82.4 Å². The maximum atomic E-state index is 5.21. The van der Waals surface area contributed by atoms with Crippen molar-refractivity contribution < 1.29 is 4.42 Å². The van der Waals surface area contributed by atoms with E-state index in [-0.39, 0.29) is 0 Å². The lowest BCUT2D eigenvalue weighted by molar-refractivity contribution is 0.582. The highest BCUT2D eigenvalue weighted by molar-refractivity contribution is 9.10. The third-order valence-electron chi connectivity index (χ3n) is 1.47. The van der Waals surface area contributed by atoms with Crippen LogP contribution in [0.1, 0.15) is 4.88 Å². The van der Waals surface area contributed by atoms with Crippen LogP contribution in [0.3, 0.4) is 0 Å². The number of halogens is 1. The average molecular weight is 244 g/mol. The lowest BCUT2D eigenvalue weighted by Gasteiger charge is -1.84. The van der Waals surface area contributed by atoms with Gasteiger partial charge in [-0.1, -0.05) is 0 Å². The Balaban J connectivity index is 2.48. The van der Waals surface area contributed by atoms with Gasteiger partial charge < -0.3 is 4.42 Å². The molecule has 0 saturated carbocycles. The van der Waals surface area contributed by atoms with Crippen LogP contribution >= 0.6 is 27.3 Å². The fraction of sp³-hybridized carbons (Fsp3) is 0.125. The van der Waals surface area contributed by atoms with Gasteiger partial charge in [-0.3, -0.25) is 0 Å². The molecule has 2 rings (SSSR count). The smallest absolute Gasteiger partial charge is 0.162 e. The van der Waals surface area contributed by atoms with Crippen LogP contribution in [0.4, 0.5) is 0 Å². The van der Waals surface area contributed by atoms with E-state index in [0.29, 0.717) is 0 Å². The lowest BCUT2D eigenvalue weighted by Crippen LogP contribution is -1.68. The highest BCUT2D eigenvalue weighted by Crippen LogP contribution is 2.30. The summed E-state index contributed by atoms with van der Waals surface area (Å²) in [7, 11) is 0. The van der Waals surface area contributed by atoms with Gasteiger partial charge in [-0.25, -0.2) is 4.98 Å². The van der Waals surface area contributed by atoms with Crippen molar-refractivity contribution in [2.75, 3.05) is 0 Å². The Hall–Kier alpha value is -0.610. The summed E-state index contributed by atoms with van der Waals surface area (Å²) < 4.78 is 6.12. The first-order valence-electron chi connectivity index (χ1n) is 3.44. The van der Waals surface area contributed by atoms with Crippen LogP contribution in [0, 0.1) is 6.92 Å². The molecular formula is C8H6BrNOS. The topological polar surface area (TPSA) is 26.0 Å².